The molecule has 1 aromatic carbocycles. The summed E-state index contributed by atoms with van der Waals surface area (Å²) in [5.41, 5.74) is 15.6. The van der Waals surface area contributed by atoms with Gasteiger partial charge < -0.3 is 21.3 Å². The van der Waals surface area contributed by atoms with Crippen molar-refractivity contribution in [2.45, 2.75) is 18.9 Å². The second kappa shape index (κ2) is 9.05. The average Bonchev–Trinajstić information content (AvgIpc) is 2.78. The summed E-state index contributed by atoms with van der Waals surface area (Å²) in [6.45, 7) is 2.04. The molecule has 4 rings (SSSR count). The third-order valence-corrected chi connectivity index (χ3v) is 6.00. The first-order valence-corrected chi connectivity index (χ1v) is 10.8. The number of hydrogen-bond donors (Lipinski definition) is 3. The zero-order valence-electron chi connectivity index (χ0n) is 18.8. The fraction of sp³-hybridized carbons (Fsp3) is 0.348. The Kier molecular flexibility index (Phi) is 6.18. The van der Waals surface area contributed by atoms with Gasteiger partial charge in [-0.1, -0.05) is 6.07 Å². The summed E-state index contributed by atoms with van der Waals surface area (Å²) in [7, 11) is 3.62. The molecule has 0 spiro atoms. The molecule has 1 fully saturated rings. The van der Waals surface area contributed by atoms with Crippen LogP contribution in [0.4, 0.5) is 10.3 Å². The Hall–Kier alpha value is -3.68. The van der Waals surface area contributed by atoms with E-state index in [4.69, 9.17) is 27.6 Å². The summed E-state index contributed by atoms with van der Waals surface area (Å²) >= 11 is 0. The van der Waals surface area contributed by atoms with E-state index in [0.717, 1.165) is 37.1 Å². The minimum Gasteiger partial charge on any atom is -0.396 e. The number of allylic oxidation sites excluding steroid dienone is 1. The molecule has 0 unspecified atom stereocenters. The molecule has 2 aliphatic heterocycles. The number of likely N-dealkylation sites (N-methyl/N-ethyl adjacent to an activating group) is 1. The lowest BCUT2D eigenvalue weighted by molar-refractivity contribution is 0.285. The number of piperidine rings is 1. The van der Waals surface area contributed by atoms with Gasteiger partial charge in [0, 0.05) is 57.1 Å². The lowest BCUT2D eigenvalue weighted by atomic mass is 9.97. The number of anilines is 1. The molecule has 3 heterocycles. The van der Waals surface area contributed by atoms with Crippen molar-refractivity contribution in [1.29, 1.82) is 5.26 Å². The maximum absolute atomic E-state index is 14.5. The molecular formula is C23H28FN9. The van der Waals surface area contributed by atoms with Crippen LogP contribution >= 0.6 is 0 Å². The normalized spacial score (nSPS) is 17.2. The molecule has 6 N–H and O–H groups in total. The quantitative estimate of drug-likeness (QED) is 0.466. The highest BCUT2D eigenvalue weighted by molar-refractivity contribution is 5.82. The number of halogens is 1. The topological polar surface area (TPSA) is 137 Å². The molecule has 172 valence electrons. The SMILES string of the molecule is CN(N)C1=C(N)C=C(c2cnc(N3CCC(N)CC3)nc2-c2ccc(C#N)c(F)c2)CN1C. The molecule has 2 aliphatic rings. The maximum atomic E-state index is 14.5. The molecule has 0 radical (unpaired) electrons. The number of nitrogens with two attached hydrogens (primary N) is 3. The molecule has 1 aromatic heterocycles. The fourth-order valence-corrected chi connectivity index (χ4v) is 4.32. The fourth-order valence-electron chi connectivity index (χ4n) is 4.32. The van der Waals surface area contributed by atoms with E-state index in [9.17, 15) is 4.39 Å². The summed E-state index contributed by atoms with van der Waals surface area (Å²) < 4.78 is 14.5. The lowest BCUT2D eigenvalue weighted by Gasteiger charge is -2.33. The van der Waals surface area contributed by atoms with Crippen LogP contribution in [0.3, 0.4) is 0 Å². The number of rotatable bonds is 4. The molecule has 9 nitrogen and oxygen atoms in total. The Morgan fingerprint density at radius 2 is 2.00 bits per heavy atom. The van der Waals surface area contributed by atoms with Gasteiger partial charge in [0.25, 0.3) is 0 Å². The highest BCUT2D eigenvalue weighted by Gasteiger charge is 2.25. The number of nitrogens with zero attached hydrogens (tertiary/aromatic N) is 6. The molecule has 0 aliphatic carbocycles. The number of hydrogen-bond acceptors (Lipinski definition) is 9. The number of nitriles is 1. The van der Waals surface area contributed by atoms with E-state index in [1.807, 2.05) is 24.1 Å². The third kappa shape index (κ3) is 4.46. The third-order valence-electron chi connectivity index (χ3n) is 6.00. The van der Waals surface area contributed by atoms with Gasteiger partial charge in [0.05, 0.1) is 17.0 Å². The van der Waals surface area contributed by atoms with Crippen molar-refractivity contribution in [2.75, 3.05) is 38.6 Å². The predicted molar refractivity (Wildman–Crippen MR) is 125 cm³/mol. The Morgan fingerprint density at radius 3 is 2.61 bits per heavy atom. The minimum atomic E-state index is -0.591. The molecule has 10 heteroatoms. The van der Waals surface area contributed by atoms with Crippen LogP contribution in [0.25, 0.3) is 16.8 Å². The zero-order chi connectivity index (χ0) is 23.7. The predicted octanol–water partition coefficient (Wildman–Crippen LogP) is 1.34. The van der Waals surface area contributed by atoms with Crippen LogP contribution in [0.2, 0.25) is 0 Å². The molecule has 33 heavy (non-hydrogen) atoms. The molecule has 0 atom stereocenters. The van der Waals surface area contributed by atoms with Crippen LogP contribution in [0.1, 0.15) is 24.0 Å². The Morgan fingerprint density at radius 1 is 1.27 bits per heavy atom. The number of aromatic nitrogens is 2. The second-order valence-electron chi connectivity index (χ2n) is 8.48. The van der Waals surface area contributed by atoms with Crippen molar-refractivity contribution in [2.24, 2.45) is 17.3 Å². The van der Waals surface area contributed by atoms with Gasteiger partial charge in [-0.15, -0.1) is 0 Å². The summed E-state index contributed by atoms with van der Waals surface area (Å²) in [6.07, 6.45) is 5.32. The van der Waals surface area contributed by atoms with E-state index in [0.29, 0.717) is 35.3 Å². The first kappa shape index (κ1) is 22.5. The average molecular weight is 450 g/mol. The second-order valence-corrected chi connectivity index (χ2v) is 8.48. The van der Waals surface area contributed by atoms with E-state index >= 15 is 0 Å². The maximum Gasteiger partial charge on any atom is 0.225 e. The van der Waals surface area contributed by atoms with Gasteiger partial charge in [0.15, 0.2) is 0 Å². The lowest BCUT2D eigenvalue weighted by Crippen LogP contribution is -2.40. The van der Waals surface area contributed by atoms with Crippen LogP contribution < -0.4 is 22.2 Å². The van der Waals surface area contributed by atoms with Crippen molar-refractivity contribution >= 4 is 11.5 Å². The monoisotopic (exact) mass is 449 g/mol. The smallest absolute Gasteiger partial charge is 0.225 e. The molecule has 0 saturated carbocycles. The highest BCUT2D eigenvalue weighted by Crippen LogP contribution is 2.33. The minimum absolute atomic E-state index is 0.0148. The highest BCUT2D eigenvalue weighted by atomic mass is 19.1. The Bertz CT molecular complexity index is 1160. The summed E-state index contributed by atoms with van der Waals surface area (Å²) in [5, 5.41) is 10.6. The van der Waals surface area contributed by atoms with Crippen LogP contribution in [0.15, 0.2) is 42.0 Å². The van der Waals surface area contributed by atoms with E-state index in [2.05, 4.69) is 9.88 Å². The number of benzene rings is 1. The van der Waals surface area contributed by atoms with Crippen molar-refractivity contribution in [3.63, 3.8) is 0 Å². The first-order chi connectivity index (χ1) is 15.8. The van der Waals surface area contributed by atoms with E-state index in [1.54, 1.807) is 19.3 Å². The first-order valence-electron chi connectivity index (χ1n) is 10.8. The molecule has 2 aromatic rings. The van der Waals surface area contributed by atoms with Crippen LogP contribution in [-0.4, -0.2) is 59.6 Å². The van der Waals surface area contributed by atoms with Crippen LogP contribution in [0.5, 0.6) is 0 Å². The van der Waals surface area contributed by atoms with Gasteiger partial charge in [-0.05, 0) is 36.6 Å². The molecule has 0 bridgehead atoms. The van der Waals surface area contributed by atoms with Gasteiger partial charge in [0.1, 0.15) is 17.7 Å². The Labute approximate surface area is 192 Å². The Balaban J connectivity index is 1.83. The zero-order valence-corrected chi connectivity index (χ0v) is 18.8. The van der Waals surface area contributed by atoms with E-state index in [-0.39, 0.29) is 11.6 Å². The largest absolute Gasteiger partial charge is 0.396 e. The standard InChI is InChI=1S/C23H28FN9/c1-31-13-16(10-20(27)22(31)32(2)28)18-12-29-23(33-7-5-17(26)6-8-33)30-21(18)14-3-4-15(11-25)19(24)9-14/h3-4,9-10,12,17H,5-8,13,26-28H2,1-2H3. The summed E-state index contributed by atoms with van der Waals surface area (Å²) in [6, 6.07) is 6.55. The van der Waals surface area contributed by atoms with E-state index < -0.39 is 5.82 Å². The van der Waals surface area contributed by atoms with E-state index in [1.165, 1.54) is 17.1 Å². The molecule has 0 amide bonds. The summed E-state index contributed by atoms with van der Waals surface area (Å²) in [5.74, 6) is 6.61. The van der Waals surface area contributed by atoms with Crippen molar-refractivity contribution in [1.82, 2.24) is 19.9 Å². The van der Waals surface area contributed by atoms with Gasteiger partial charge in [0.2, 0.25) is 5.95 Å². The van der Waals surface area contributed by atoms with Gasteiger partial charge in [-0.2, -0.15) is 5.26 Å². The van der Waals surface area contributed by atoms with Crippen LogP contribution in [-0.2, 0) is 0 Å². The molecule has 1 saturated heterocycles. The summed E-state index contributed by atoms with van der Waals surface area (Å²) in [4.78, 5) is 13.5. The van der Waals surface area contributed by atoms with Gasteiger partial charge >= 0.3 is 0 Å². The molecular weight excluding hydrogens is 421 g/mol. The van der Waals surface area contributed by atoms with Gasteiger partial charge in [-0.3, -0.25) is 5.01 Å². The van der Waals surface area contributed by atoms with Crippen LogP contribution in [0, 0.1) is 17.1 Å². The van der Waals surface area contributed by atoms with Crippen molar-refractivity contribution in [3.8, 4) is 17.3 Å². The van der Waals surface area contributed by atoms with Gasteiger partial charge in [-0.25, -0.2) is 20.2 Å². The number of hydrazine groups is 1. The van der Waals surface area contributed by atoms with Crippen molar-refractivity contribution in [3.05, 3.63) is 58.9 Å². The van der Waals surface area contributed by atoms with Crippen molar-refractivity contribution < 1.29 is 4.39 Å².